The van der Waals surface area contributed by atoms with Gasteiger partial charge < -0.3 is 9.47 Å². The van der Waals surface area contributed by atoms with E-state index in [1.807, 2.05) is 60.4 Å². The van der Waals surface area contributed by atoms with Crippen molar-refractivity contribution in [3.63, 3.8) is 0 Å². The molecule has 0 radical (unpaired) electrons. The lowest BCUT2D eigenvalue weighted by atomic mass is 10.0. The zero-order valence-corrected chi connectivity index (χ0v) is 18.4. The molecule has 0 aliphatic rings. The summed E-state index contributed by atoms with van der Waals surface area (Å²) < 4.78 is 2.19. The van der Waals surface area contributed by atoms with Crippen LogP contribution in [0.1, 0.15) is 48.0 Å². The van der Waals surface area contributed by atoms with E-state index in [1.54, 1.807) is 0 Å². The number of halogens is 1. The number of carbonyl (C=O) groups is 1. The zero-order chi connectivity index (χ0) is 21.0. The molecule has 3 aromatic rings. The summed E-state index contributed by atoms with van der Waals surface area (Å²) in [7, 11) is 0. The number of carbonyl (C=O) groups excluding carboxylic acids is 1. The van der Waals surface area contributed by atoms with E-state index in [-0.39, 0.29) is 11.9 Å². The number of aromatic nitrogens is 1. The molecule has 0 bridgehead atoms. The second kappa shape index (κ2) is 9.32. The van der Waals surface area contributed by atoms with Crippen LogP contribution in [0.15, 0.2) is 66.9 Å². The normalized spacial score (nSPS) is 12.2. The van der Waals surface area contributed by atoms with Crippen LogP contribution < -0.4 is 0 Å². The summed E-state index contributed by atoms with van der Waals surface area (Å²) in [6.07, 6.45) is 2.06. The molecule has 0 aliphatic heterocycles. The minimum absolute atomic E-state index is 0.0832. The fraction of sp³-hybridized carbons (Fsp3) is 0.320. The highest BCUT2D eigenvalue weighted by Gasteiger charge is 2.25. The van der Waals surface area contributed by atoms with Gasteiger partial charge in [0.2, 0.25) is 0 Å². The van der Waals surface area contributed by atoms with Crippen molar-refractivity contribution in [1.29, 1.82) is 0 Å². The van der Waals surface area contributed by atoms with Gasteiger partial charge in [-0.25, -0.2) is 0 Å². The van der Waals surface area contributed by atoms with Crippen LogP contribution in [0.4, 0.5) is 0 Å². The standard InChI is InChI=1S/C25H29ClN2O/c1-18(2)20(4)28(25(29)24-13-6-5-9-19(24)3)17-23-12-8-14-27(23)16-21-10-7-11-22(26)15-21/h5-15,18,20H,16-17H2,1-4H3/t20-/m0/s1. The van der Waals surface area contributed by atoms with Crippen molar-refractivity contribution < 1.29 is 4.79 Å². The lowest BCUT2D eigenvalue weighted by Gasteiger charge is -2.33. The number of amides is 1. The fourth-order valence-corrected chi connectivity index (χ4v) is 3.69. The Hall–Kier alpha value is -2.52. The van der Waals surface area contributed by atoms with E-state index in [0.717, 1.165) is 34.0 Å². The van der Waals surface area contributed by atoms with Crippen LogP contribution in [0.25, 0.3) is 0 Å². The number of aryl methyl sites for hydroxylation is 1. The van der Waals surface area contributed by atoms with Gasteiger partial charge in [0.1, 0.15) is 0 Å². The predicted molar refractivity (Wildman–Crippen MR) is 120 cm³/mol. The van der Waals surface area contributed by atoms with Crippen molar-refractivity contribution in [1.82, 2.24) is 9.47 Å². The molecule has 0 N–H and O–H groups in total. The maximum atomic E-state index is 13.5. The monoisotopic (exact) mass is 408 g/mol. The van der Waals surface area contributed by atoms with Gasteiger partial charge >= 0.3 is 0 Å². The SMILES string of the molecule is Cc1ccccc1C(=O)N(Cc1cccn1Cc1cccc(Cl)c1)[C@@H](C)C(C)C. The first-order valence-corrected chi connectivity index (χ1v) is 10.5. The highest BCUT2D eigenvalue weighted by Crippen LogP contribution is 2.21. The highest BCUT2D eigenvalue weighted by molar-refractivity contribution is 6.30. The van der Waals surface area contributed by atoms with E-state index < -0.39 is 0 Å². The van der Waals surface area contributed by atoms with Crippen LogP contribution in [0, 0.1) is 12.8 Å². The first-order valence-electron chi connectivity index (χ1n) is 10.1. The summed E-state index contributed by atoms with van der Waals surface area (Å²) in [4.78, 5) is 15.4. The van der Waals surface area contributed by atoms with Crippen LogP contribution in [0.3, 0.4) is 0 Å². The Bertz CT molecular complexity index is 976. The molecule has 2 aromatic carbocycles. The molecule has 3 nitrogen and oxygen atoms in total. The third kappa shape index (κ3) is 5.10. The summed E-state index contributed by atoms with van der Waals surface area (Å²) in [5.41, 5.74) is 4.03. The Morgan fingerprint density at radius 3 is 2.48 bits per heavy atom. The van der Waals surface area contributed by atoms with Gasteiger partial charge in [0.05, 0.1) is 6.54 Å². The van der Waals surface area contributed by atoms with Crippen molar-refractivity contribution in [3.05, 3.63) is 94.3 Å². The zero-order valence-electron chi connectivity index (χ0n) is 17.6. The molecule has 0 fully saturated rings. The van der Waals surface area contributed by atoms with Gasteiger partial charge in [-0.15, -0.1) is 0 Å². The molecule has 29 heavy (non-hydrogen) atoms. The minimum Gasteiger partial charge on any atom is -0.345 e. The average molecular weight is 409 g/mol. The summed E-state index contributed by atoms with van der Waals surface area (Å²) in [6.45, 7) is 9.74. The Labute approximate surface area is 178 Å². The molecule has 1 amide bonds. The summed E-state index contributed by atoms with van der Waals surface area (Å²) in [6, 6.07) is 20.0. The molecular weight excluding hydrogens is 380 g/mol. The molecule has 4 heteroatoms. The van der Waals surface area contributed by atoms with Crippen LogP contribution >= 0.6 is 11.6 Å². The molecule has 152 valence electrons. The number of benzene rings is 2. The lowest BCUT2D eigenvalue weighted by Crippen LogP contribution is -2.41. The molecular formula is C25H29ClN2O. The quantitative estimate of drug-likeness (QED) is 0.457. The van der Waals surface area contributed by atoms with E-state index in [0.29, 0.717) is 12.5 Å². The molecule has 0 aliphatic carbocycles. The molecule has 0 unspecified atom stereocenters. The second-order valence-electron chi connectivity index (χ2n) is 7.99. The molecule has 1 aromatic heterocycles. The largest absolute Gasteiger partial charge is 0.345 e. The summed E-state index contributed by atoms with van der Waals surface area (Å²) in [5, 5.41) is 0.737. The third-order valence-corrected chi connectivity index (χ3v) is 5.83. The van der Waals surface area contributed by atoms with Crippen molar-refractivity contribution in [3.8, 4) is 0 Å². The van der Waals surface area contributed by atoms with E-state index >= 15 is 0 Å². The second-order valence-corrected chi connectivity index (χ2v) is 8.43. The molecule has 1 atom stereocenters. The average Bonchev–Trinajstić information content (AvgIpc) is 3.12. The molecule has 1 heterocycles. The topological polar surface area (TPSA) is 25.2 Å². The number of rotatable bonds is 7. The Kier molecular flexibility index (Phi) is 6.81. The Morgan fingerprint density at radius 1 is 1.03 bits per heavy atom. The number of hydrogen-bond donors (Lipinski definition) is 0. The first-order chi connectivity index (χ1) is 13.9. The summed E-state index contributed by atoms with van der Waals surface area (Å²) in [5.74, 6) is 0.444. The van der Waals surface area contributed by atoms with Crippen molar-refractivity contribution in [2.24, 2.45) is 5.92 Å². The smallest absolute Gasteiger partial charge is 0.254 e. The number of nitrogens with zero attached hydrogens (tertiary/aromatic N) is 2. The van der Waals surface area contributed by atoms with Crippen molar-refractivity contribution in [2.75, 3.05) is 0 Å². The van der Waals surface area contributed by atoms with E-state index in [9.17, 15) is 4.79 Å². The maximum absolute atomic E-state index is 13.5. The molecule has 3 rings (SSSR count). The minimum atomic E-state index is 0.0832. The van der Waals surface area contributed by atoms with E-state index in [2.05, 4.69) is 43.7 Å². The lowest BCUT2D eigenvalue weighted by molar-refractivity contribution is 0.0622. The summed E-state index contributed by atoms with van der Waals surface area (Å²) >= 11 is 6.15. The molecule has 0 spiro atoms. The highest BCUT2D eigenvalue weighted by atomic mass is 35.5. The predicted octanol–water partition coefficient (Wildman–Crippen LogP) is 6.19. The van der Waals surface area contributed by atoms with Gasteiger partial charge in [-0.2, -0.15) is 0 Å². The van der Waals surface area contributed by atoms with Gasteiger partial charge in [0.15, 0.2) is 0 Å². The van der Waals surface area contributed by atoms with Crippen molar-refractivity contribution >= 4 is 17.5 Å². The number of hydrogen-bond acceptors (Lipinski definition) is 1. The van der Waals surface area contributed by atoms with Gasteiger partial charge in [0.25, 0.3) is 5.91 Å². The van der Waals surface area contributed by atoms with Gasteiger partial charge in [-0.1, -0.05) is 55.8 Å². The fourth-order valence-electron chi connectivity index (χ4n) is 3.48. The van der Waals surface area contributed by atoms with Crippen LogP contribution in [-0.4, -0.2) is 21.4 Å². The first kappa shape index (κ1) is 21.2. The Morgan fingerprint density at radius 2 is 1.79 bits per heavy atom. The van der Waals surface area contributed by atoms with E-state index in [4.69, 9.17) is 11.6 Å². The molecule has 0 saturated carbocycles. The van der Waals surface area contributed by atoms with Gasteiger partial charge in [-0.3, -0.25) is 4.79 Å². The maximum Gasteiger partial charge on any atom is 0.254 e. The Balaban J connectivity index is 1.88. The van der Waals surface area contributed by atoms with Crippen LogP contribution in [0.5, 0.6) is 0 Å². The molecule has 0 saturated heterocycles. The van der Waals surface area contributed by atoms with Gasteiger partial charge in [0, 0.05) is 35.1 Å². The van der Waals surface area contributed by atoms with Crippen LogP contribution in [-0.2, 0) is 13.1 Å². The van der Waals surface area contributed by atoms with E-state index in [1.165, 1.54) is 0 Å². The van der Waals surface area contributed by atoms with Crippen LogP contribution in [0.2, 0.25) is 5.02 Å². The third-order valence-electron chi connectivity index (χ3n) is 5.59. The van der Waals surface area contributed by atoms with Crippen molar-refractivity contribution in [2.45, 2.75) is 46.8 Å². The van der Waals surface area contributed by atoms with Gasteiger partial charge in [-0.05, 0) is 61.2 Å².